The monoisotopic (exact) mass is 334 g/mol. The van der Waals surface area contributed by atoms with Crippen LogP contribution in [0.2, 0.25) is 5.02 Å². The lowest BCUT2D eigenvalue weighted by molar-refractivity contribution is 0.316. The quantitative estimate of drug-likeness (QED) is 0.841. The van der Waals surface area contributed by atoms with E-state index in [0.29, 0.717) is 5.56 Å². The Morgan fingerprint density at radius 1 is 1.35 bits per heavy atom. The van der Waals surface area contributed by atoms with Crippen LogP contribution in [0.3, 0.4) is 0 Å². The van der Waals surface area contributed by atoms with Crippen LogP contribution in [-0.2, 0) is 10.0 Å². The Kier molecular flexibility index (Phi) is 5.54. The first-order valence-corrected chi connectivity index (χ1v) is 8.39. The van der Waals surface area contributed by atoms with E-state index in [9.17, 15) is 8.42 Å². The highest BCUT2D eigenvalue weighted by Crippen LogP contribution is 2.27. The summed E-state index contributed by atoms with van der Waals surface area (Å²) in [7, 11) is -2.09. The summed E-state index contributed by atoms with van der Waals surface area (Å²) < 4.78 is 26.4. The first-order chi connectivity index (χ1) is 9.09. The molecule has 1 atom stereocenters. The molecule has 2 N–H and O–H groups in total. The summed E-state index contributed by atoms with van der Waals surface area (Å²) in [6.07, 6.45) is 0. The topological polar surface area (TPSA) is 63.4 Å². The molecular weight excluding hydrogens is 316 g/mol. The zero-order valence-electron chi connectivity index (χ0n) is 11.9. The first kappa shape index (κ1) is 17.4. The Balaban J connectivity index is 3.26. The van der Waals surface area contributed by atoms with Gasteiger partial charge in [0.25, 0.3) is 0 Å². The van der Waals surface area contributed by atoms with E-state index >= 15 is 0 Å². The molecule has 112 valence electrons. The normalized spacial score (nSPS) is 13.8. The number of nitrogens with two attached hydrogens (primary N) is 1. The van der Waals surface area contributed by atoms with Gasteiger partial charge in [-0.05, 0) is 25.0 Å². The van der Waals surface area contributed by atoms with E-state index in [1.807, 2.05) is 20.8 Å². The Hall–Kier alpha value is -0.690. The van der Waals surface area contributed by atoms with E-state index in [1.165, 1.54) is 16.4 Å². The van der Waals surface area contributed by atoms with Crippen LogP contribution in [0, 0.1) is 5.92 Å². The first-order valence-electron chi connectivity index (χ1n) is 6.16. The van der Waals surface area contributed by atoms with Gasteiger partial charge in [-0.2, -0.15) is 4.31 Å². The zero-order valence-corrected chi connectivity index (χ0v) is 14.3. The number of benzene rings is 1. The molecule has 0 heterocycles. The number of rotatable bonds is 5. The number of hydrogen-bond acceptors (Lipinski definition) is 3. The molecule has 20 heavy (non-hydrogen) atoms. The predicted molar refractivity (Wildman–Crippen MR) is 86.6 cm³/mol. The second kappa shape index (κ2) is 6.39. The molecule has 1 aromatic rings. The fraction of sp³-hybridized carbons (Fsp3) is 0.462. The molecular formula is C13H19ClN2O2S2. The van der Waals surface area contributed by atoms with Crippen molar-refractivity contribution in [2.24, 2.45) is 11.7 Å². The standard InChI is InChI=1S/C13H19ClN2O2S2/c1-8(2)9(3)16(4)20(17,18)12-6-5-10(13(15)19)7-11(12)14/h5-9H,1-4H3,(H2,15,19). The van der Waals surface area contributed by atoms with Gasteiger partial charge in [0.1, 0.15) is 9.88 Å². The van der Waals surface area contributed by atoms with Gasteiger partial charge in [0.05, 0.1) is 5.02 Å². The van der Waals surface area contributed by atoms with Crippen molar-refractivity contribution in [1.29, 1.82) is 0 Å². The maximum Gasteiger partial charge on any atom is 0.244 e. The number of sulfonamides is 1. The average molecular weight is 335 g/mol. The smallest absolute Gasteiger partial charge is 0.244 e. The SMILES string of the molecule is CC(C)C(C)N(C)S(=O)(=O)c1ccc(C(N)=S)cc1Cl. The van der Waals surface area contributed by atoms with E-state index in [0.717, 1.165) is 0 Å². The molecule has 1 unspecified atom stereocenters. The Labute approximate surface area is 131 Å². The number of hydrogen-bond donors (Lipinski definition) is 1. The van der Waals surface area contributed by atoms with Gasteiger partial charge in [-0.1, -0.05) is 43.7 Å². The van der Waals surface area contributed by atoms with Gasteiger partial charge in [0.15, 0.2) is 0 Å². The summed E-state index contributed by atoms with van der Waals surface area (Å²) in [5.74, 6) is 0.199. The van der Waals surface area contributed by atoms with Crippen LogP contribution in [0.5, 0.6) is 0 Å². The molecule has 0 fully saturated rings. The third-order valence-corrected chi connectivity index (χ3v) is 6.07. The Morgan fingerprint density at radius 3 is 2.30 bits per heavy atom. The highest BCUT2D eigenvalue weighted by atomic mass is 35.5. The predicted octanol–water partition coefficient (Wildman–Crippen LogP) is 2.64. The average Bonchev–Trinajstić information content (AvgIpc) is 2.36. The van der Waals surface area contributed by atoms with E-state index in [4.69, 9.17) is 29.6 Å². The summed E-state index contributed by atoms with van der Waals surface area (Å²) in [5, 5.41) is 0.123. The van der Waals surface area contributed by atoms with E-state index in [-0.39, 0.29) is 26.9 Å². The lowest BCUT2D eigenvalue weighted by Gasteiger charge is -2.27. The second-order valence-corrected chi connectivity index (χ2v) is 7.83. The Bertz CT molecular complexity index is 615. The van der Waals surface area contributed by atoms with E-state index < -0.39 is 10.0 Å². The molecule has 7 heteroatoms. The van der Waals surface area contributed by atoms with Gasteiger partial charge in [0.2, 0.25) is 10.0 Å². The maximum atomic E-state index is 12.6. The highest BCUT2D eigenvalue weighted by molar-refractivity contribution is 7.89. The van der Waals surface area contributed by atoms with Crippen molar-refractivity contribution in [3.8, 4) is 0 Å². The molecule has 1 rings (SSSR count). The van der Waals surface area contributed by atoms with Crippen LogP contribution in [0.4, 0.5) is 0 Å². The minimum Gasteiger partial charge on any atom is -0.389 e. The zero-order chi connectivity index (χ0) is 15.7. The molecule has 0 bridgehead atoms. The summed E-state index contributed by atoms with van der Waals surface area (Å²) >= 11 is 10.9. The molecule has 0 aliphatic carbocycles. The van der Waals surface area contributed by atoms with Crippen molar-refractivity contribution in [3.63, 3.8) is 0 Å². The van der Waals surface area contributed by atoms with Crippen LogP contribution in [0.1, 0.15) is 26.3 Å². The van der Waals surface area contributed by atoms with Gasteiger partial charge in [-0.25, -0.2) is 8.42 Å². The minimum absolute atomic E-state index is 0.0640. The third kappa shape index (κ3) is 3.49. The van der Waals surface area contributed by atoms with Crippen molar-refractivity contribution in [2.75, 3.05) is 7.05 Å². The number of halogens is 1. The molecule has 0 spiro atoms. The maximum absolute atomic E-state index is 12.6. The van der Waals surface area contributed by atoms with Gasteiger partial charge in [-0.3, -0.25) is 0 Å². The summed E-state index contributed by atoms with van der Waals surface area (Å²) in [5.41, 5.74) is 6.05. The van der Waals surface area contributed by atoms with Crippen LogP contribution >= 0.6 is 23.8 Å². The molecule has 0 aliphatic rings. The lowest BCUT2D eigenvalue weighted by atomic mass is 10.1. The van der Waals surface area contributed by atoms with Crippen LogP contribution in [0.25, 0.3) is 0 Å². The second-order valence-electron chi connectivity index (χ2n) is 5.02. The minimum atomic E-state index is -3.64. The highest BCUT2D eigenvalue weighted by Gasteiger charge is 2.28. The largest absolute Gasteiger partial charge is 0.389 e. The van der Waals surface area contributed by atoms with Gasteiger partial charge >= 0.3 is 0 Å². The molecule has 4 nitrogen and oxygen atoms in total. The summed E-state index contributed by atoms with van der Waals surface area (Å²) in [6.45, 7) is 5.79. The number of thiocarbonyl (C=S) groups is 1. The molecule has 0 saturated heterocycles. The van der Waals surface area contributed by atoms with Crippen LogP contribution < -0.4 is 5.73 Å². The lowest BCUT2D eigenvalue weighted by Crippen LogP contribution is -2.38. The van der Waals surface area contributed by atoms with Gasteiger partial charge in [-0.15, -0.1) is 0 Å². The van der Waals surface area contributed by atoms with Gasteiger partial charge < -0.3 is 5.73 Å². The third-order valence-electron chi connectivity index (χ3n) is 3.41. The van der Waals surface area contributed by atoms with Crippen LogP contribution in [-0.4, -0.2) is 30.8 Å². The van der Waals surface area contributed by atoms with Crippen molar-refractivity contribution in [1.82, 2.24) is 4.31 Å². The van der Waals surface area contributed by atoms with Crippen molar-refractivity contribution < 1.29 is 8.42 Å². The molecule has 0 amide bonds. The summed E-state index contributed by atoms with van der Waals surface area (Å²) in [4.78, 5) is 0.244. The van der Waals surface area contributed by atoms with E-state index in [1.54, 1.807) is 13.1 Å². The fourth-order valence-corrected chi connectivity index (χ4v) is 3.79. The molecule has 0 saturated carbocycles. The number of nitrogens with zero attached hydrogens (tertiary/aromatic N) is 1. The Morgan fingerprint density at radius 2 is 1.90 bits per heavy atom. The van der Waals surface area contributed by atoms with E-state index in [2.05, 4.69) is 0 Å². The molecule has 0 radical (unpaired) electrons. The van der Waals surface area contributed by atoms with Gasteiger partial charge in [0, 0.05) is 18.7 Å². The fourth-order valence-electron chi connectivity index (χ4n) is 1.66. The van der Waals surface area contributed by atoms with Crippen LogP contribution in [0.15, 0.2) is 23.1 Å². The van der Waals surface area contributed by atoms with Crippen molar-refractivity contribution in [3.05, 3.63) is 28.8 Å². The molecule has 0 aromatic heterocycles. The summed E-state index contributed by atoms with van der Waals surface area (Å²) in [6, 6.07) is 4.35. The van der Waals surface area contributed by atoms with Crippen molar-refractivity contribution >= 4 is 38.8 Å². The molecule has 0 aliphatic heterocycles. The molecule has 1 aromatic carbocycles. The van der Waals surface area contributed by atoms with Crippen molar-refractivity contribution in [2.45, 2.75) is 31.7 Å².